The van der Waals surface area contributed by atoms with Gasteiger partial charge in [-0.1, -0.05) is 0 Å². The van der Waals surface area contributed by atoms with Crippen LogP contribution in [-0.4, -0.2) is 33.1 Å². The van der Waals surface area contributed by atoms with E-state index in [-0.39, 0.29) is 5.91 Å². The van der Waals surface area contributed by atoms with Crippen LogP contribution in [0.2, 0.25) is 0 Å². The summed E-state index contributed by atoms with van der Waals surface area (Å²) in [6.07, 6.45) is 0. The number of nitrogens with one attached hydrogen (secondary N) is 2. The van der Waals surface area contributed by atoms with E-state index in [1.807, 2.05) is 0 Å². The molecule has 1 atom stereocenters. The molecule has 1 aliphatic rings. The van der Waals surface area contributed by atoms with Crippen LogP contribution < -0.4 is 20.1 Å². The Morgan fingerprint density at radius 1 is 1.28 bits per heavy atom. The summed E-state index contributed by atoms with van der Waals surface area (Å²) in [6, 6.07) is 4.80. The van der Waals surface area contributed by atoms with Gasteiger partial charge in [-0.2, -0.15) is 0 Å². The van der Waals surface area contributed by atoms with Gasteiger partial charge in [0.15, 0.2) is 5.96 Å². The van der Waals surface area contributed by atoms with E-state index >= 15 is 0 Å². The van der Waals surface area contributed by atoms with Crippen LogP contribution in [0.25, 0.3) is 0 Å². The highest BCUT2D eigenvalue weighted by atomic mass is 16.5. The summed E-state index contributed by atoms with van der Waals surface area (Å²) in [5.41, 5.74) is 0.716. The van der Waals surface area contributed by atoms with Gasteiger partial charge in [-0.25, -0.2) is 0 Å². The van der Waals surface area contributed by atoms with Crippen LogP contribution >= 0.6 is 0 Å². The average molecular weight is 249 g/mol. The number of methoxy groups -OCH3 is 2. The molecular weight excluding hydrogens is 234 g/mol. The van der Waals surface area contributed by atoms with E-state index in [2.05, 4.69) is 15.6 Å². The number of guanidine groups is 1. The van der Waals surface area contributed by atoms with Gasteiger partial charge in [0.1, 0.15) is 17.5 Å². The van der Waals surface area contributed by atoms with Crippen molar-refractivity contribution >= 4 is 11.9 Å². The van der Waals surface area contributed by atoms with E-state index < -0.39 is 6.04 Å². The maximum Gasteiger partial charge on any atom is 0.254 e. The minimum absolute atomic E-state index is 0.165. The van der Waals surface area contributed by atoms with Gasteiger partial charge in [-0.3, -0.25) is 15.1 Å². The Hall–Kier alpha value is -2.24. The maximum absolute atomic E-state index is 11.9. The van der Waals surface area contributed by atoms with Gasteiger partial charge in [-0.15, -0.1) is 0 Å². The first kappa shape index (κ1) is 12.2. The van der Waals surface area contributed by atoms with Crippen molar-refractivity contribution in [2.45, 2.75) is 6.04 Å². The summed E-state index contributed by atoms with van der Waals surface area (Å²) >= 11 is 0. The zero-order chi connectivity index (χ0) is 13.1. The molecule has 1 amide bonds. The molecule has 1 aromatic rings. The summed E-state index contributed by atoms with van der Waals surface area (Å²) in [5, 5.41) is 5.63. The Morgan fingerprint density at radius 3 is 2.61 bits per heavy atom. The predicted octanol–water partition coefficient (Wildman–Crippen LogP) is 0.450. The van der Waals surface area contributed by atoms with Crippen molar-refractivity contribution in [3.63, 3.8) is 0 Å². The number of nitrogens with zero attached hydrogens (tertiary/aromatic N) is 1. The highest BCUT2D eigenvalue weighted by Crippen LogP contribution is 2.30. The van der Waals surface area contributed by atoms with Crippen molar-refractivity contribution in [2.24, 2.45) is 4.99 Å². The summed E-state index contributed by atoms with van der Waals surface area (Å²) in [7, 11) is 4.74. The first-order chi connectivity index (χ1) is 8.69. The Kier molecular flexibility index (Phi) is 3.36. The molecule has 1 saturated heterocycles. The third-order valence-corrected chi connectivity index (χ3v) is 2.76. The van der Waals surface area contributed by atoms with Crippen molar-refractivity contribution < 1.29 is 14.3 Å². The SMILES string of the molecule is CN=C1NC(=O)C(c2cc(OC)ccc2OC)N1. The van der Waals surface area contributed by atoms with E-state index in [1.165, 1.54) is 0 Å². The van der Waals surface area contributed by atoms with Crippen molar-refractivity contribution in [2.75, 3.05) is 21.3 Å². The van der Waals surface area contributed by atoms with E-state index in [0.717, 1.165) is 0 Å². The molecule has 18 heavy (non-hydrogen) atoms. The fourth-order valence-corrected chi connectivity index (χ4v) is 1.83. The molecule has 0 saturated carbocycles. The molecule has 0 aromatic heterocycles. The number of amides is 1. The summed E-state index contributed by atoms with van der Waals surface area (Å²) in [5.74, 6) is 1.58. The minimum atomic E-state index is -0.520. The third-order valence-electron chi connectivity index (χ3n) is 2.76. The lowest BCUT2D eigenvalue weighted by Crippen LogP contribution is -2.24. The van der Waals surface area contributed by atoms with E-state index in [1.54, 1.807) is 39.5 Å². The van der Waals surface area contributed by atoms with Crippen LogP contribution in [0.3, 0.4) is 0 Å². The molecule has 6 nitrogen and oxygen atoms in total. The predicted molar refractivity (Wildman–Crippen MR) is 66.9 cm³/mol. The zero-order valence-corrected chi connectivity index (χ0v) is 10.5. The zero-order valence-electron chi connectivity index (χ0n) is 10.5. The number of carbonyl (C=O) groups excluding carboxylic acids is 1. The number of ether oxygens (including phenoxy) is 2. The van der Waals surface area contributed by atoms with Crippen LogP contribution in [0.5, 0.6) is 11.5 Å². The van der Waals surface area contributed by atoms with Crippen molar-refractivity contribution in [3.05, 3.63) is 23.8 Å². The van der Waals surface area contributed by atoms with Crippen LogP contribution in [0.4, 0.5) is 0 Å². The van der Waals surface area contributed by atoms with Crippen LogP contribution in [0, 0.1) is 0 Å². The molecule has 0 radical (unpaired) electrons. The van der Waals surface area contributed by atoms with Gasteiger partial charge in [0.2, 0.25) is 0 Å². The quantitative estimate of drug-likeness (QED) is 0.816. The second kappa shape index (κ2) is 4.95. The van der Waals surface area contributed by atoms with Gasteiger partial charge in [0.05, 0.1) is 14.2 Å². The van der Waals surface area contributed by atoms with Crippen molar-refractivity contribution in [1.29, 1.82) is 0 Å². The van der Waals surface area contributed by atoms with Crippen LogP contribution in [-0.2, 0) is 4.79 Å². The summed E-state index contributed by atoms with van der Waals surface area (Å²) in [6.45, 7) is 0. The highest BCUT2D eigenvalue weighted by molar-refractivity contribution is 6.07. The van der Waals surface area contributed by atoms with Crippen LogP contribution in [0.15, 0.2) is 23.2 Å². The summed E-state index contributed by atoms with van der Waals surface area (Å²) in [4.78, 5) is 15.8. The normalized spacial score (nSPS) is 20.5. The molecule has 1 aromatic carbocycles. The Morgan fingerprint density at radius 2 is 2.06 bits per heavy atom. The smallest absolute Gasteiger partial charge is 0.254 e. The van der Waals surface area contributed by atoms with Crippen molar-refractivity contribution in [3.8, 4) is 11.5 Å². The van der Waals surface area contributed by atoms with E-state index in [0.29, 0.717) is 23.0 Å². The fourth-order valence-electron chi connectivity index (χ4n) is 1.83. The number of hydrogen-bond donors (Lipinski definition) is 2. The molecule has 2 N–H and O–H groups in total. The second-order valence-electron chi connectivity index (χ2n) is 3.75. The fraction of sp³-hybridized carbons (Fsp3) is 0.333. The molecular formula is C12H15N3O3. The monoisotopic (exact) mass is 249 g/mol. The van der Waals surface area contributed by atoms with Crippen LogP contribution in [0.1, 0.15) is 11.6 Å². The van der Waals surface area contributed by atoms with E-state index in [9.17, 15) is 4.79 Å². The largest absolute Gasteiger partial charge is 0.497 e. The molecule has 1 aliphatic heterocycles. The number of rotatable bonds is 3. The molecule has 0 bridgehead atoms. The first-order valence-electron chi connectivity index (χ1n) is 5.45. The standard InChI is InChI=1S/C12H15N3O3/c1-13-12-14-10(11(16)15-12)8-6-7(17-2)4-5-9(8)18-3/h4-6,10H,1-3H3,(H2,13,14,15,16). The minimum Gasteiger partial charge on any atom is -0.497 e. The van der Waals surface area contributed by atoms with Gasteiger partial charge in [0.25, 0.3) is 5.91 Å². The summed E-state index contributed by atoms with van der Waals surface area (Å²) < 4.78 is 10.4. The molecule has 96 valence electrons. The van der Waals surface area contributed by atoms with Gasteiger partial charge < -0.3 is 14.8 Å². The highest BCUT2D eigenvalue weighted by Gasteiger charge is 2.31. The second-order valence-corrected chi connectivity index (χ2v) is 3.75. The number of aliphatic imine (C=N–C) groups is 1. The topological polar surface area (TPSA) is 72.0 Å². The van der Waals surface area contributed by atoms with Gasteiger partial charge >= 0.3 is 0 Å². The molecule has 1 unspecified atom stereocenters. The van der Waals surface area contributed by atoms with Crippen molar-refractivity contribution in [1.82, 2.24) is 10.6 Å². The average Bonchev–Trinajstić information content (AvgIpc) is 2.79. The molecule has 1 heterocycles. The van der Waals surface area contributed by atoms with Gasteiger partial charge in [-0.05, 0) is 18.2 Å². The van der Waals surface area contributed by atoms with E-state index in [4.69, 9.17) is 9.47 Å². The Balaban J connectivity index is 2.40. The lowest BCUT2D eigenvalue weighted by atomic mass is 10.1. The lowest BCUT2D eigenvalue weighted by Gasteiger charge is -2.14. The molecule has 0 aliphatic carbocycles. The third kappa shape index (κ3) is 2.09. The maximum atomic E-state index is 11.9. The lowest BCUT2D eigenvalue weighted by molar-refractivity contribution is -0.120. The number of hydrogen-bond acceptors (Lipinski definition) is 4. The number of carbonyl (C=O) groups is 1. The number of benzene rings is 1. The molecule has 1 fully saturated rings. The molecule has 6 heteroatoms. The molecule has 2 rings (SSSR count). The Bertz CT molecular complexity index is 499. The molecule has 0 spiro atoms. The Labute approximate surface area is 105 Å². The van der Waals surface area contributed by atoms with Gasteiger partial charge in [0, 0.05) is 12.6 Å². The first-order valence-corrected chi connectivity index (χ1v) is 5.45.